The fourth-order valence-electron chi connectivity index (χ4n) is 2.57. The number of carbonyl (C=O) groups excluding carboxylic acids is 1. The van der Waals surface area contributed by atoms with E-state index in [-0.39, 0.29) is 17.4 Å². The van der Waals surface area contributed by atoms with Gasteiger partial charge in [-0.25, -0.2) is 0 Å². The van der Waals surface area contributed by atoms with Crippen molar-refractivity contribution >= 4 is 5.91 Å². The molecule has 0 radical (unpaired) electrons. The van der Waals surface area contributed by atoms with Gasteiger partial charge in [0.15, 0.2) is 0 Å². The van der Waals surface area contributed by atoms with E-state index in [0.717, 1.165) is 32.3 Å². The third-order valence-corrected chi connectivity index (χ3v) is 3.93. The maximum absolute atomic E-state index is 11.7. The van der Waals surface area contributed by atoms with Crippen molar-refractivity contribution in [3.8, 4) is 0 Å². The van der Waals surface area contributed by atoms with E-state index in [1.807, 2.05) is 0 Å². The Balaban J connectivity index is 1.67. The summed E-state index contributed by atoms with van der Waals surface area (Å²) in [6.07, 6.45) is 6.45. The summed E-state index contributed by atoms with van der Waals surface area (Å²) in [6.45, 7) is 2.15. The summed E-state index contributed by atoms with van der Waals surface area (Å²) in [6, 6.07) is 0. The maximum Gasteiger partial charge on any atom is 0.220 e. The Bertz CT molecular complexity index is 240. The Morgan fingerprint density at radius 1 is 1.44 bits per heavy atom. The first-order chi connectivity index (χ1) is 7.74. The molecule has 0 aromatic rings. The molecule has 2 aliphatic rings. The average Bonchev–Trinajstić information content (AvgIpc) is 2.73. The highest BCUT2D eigenvalue weighted by molar-refractivity contribution is 5.76. The lowest BCUT2D eigenvalue weighted by Gasteiger charge is -2.40. The molecule has 2 fully saturated rings. The molecule has 0 aromatic heterocycles. The van der Waals surface area contributed by atoms with E-state index in [1.165, 1.54) is 6.42 Å². The molecule has 0 bridgehead atoms. The van der Waals surface area contributed by atoms with Crippen LogP contribution in [0.15, 0.2) is 0 Å². The highest BCUT2D eigenvalue weighted by atomic mass is 16.5. The van der Waals surface area contributed by atoms with Crippen LogP contribution in [0.25, 0.3) is 0 Å². The van der Waals surface area contributed by atoms with Crippen molar-refractivity contribution in [2.45, 2.75) is 44.6 Å². The zero-order valence-electron chi connectivity index (χ0n) is 9.84. The Labute approximate surface area is 96.9 Å². The summed E-state index contributed by atoms with van der Waals surface area (Å²) in [7, 11) is 0. The predicted molar refractivity (Wildman–Crippen MR) is 61.9 cm³/mol. The lowest BCUT2D eigenvalue weighted by atomic mass is 9.66. The Morgan fingerprint density at radius 3 is 2.75 bits per heavy atom. The van der Waals surface area contributed by atoms with E-state index in [0.29, 0.717) is 19.5 Å². The Kier molecular flexibility index (Phi) is 3.82. The minimum Gasteiger partial charge on any atom is -0.376 e. The largest absolute Gasteiger partial charge is 0.376 e. The minimum absolute atomic E-state index is 0.112. The normalized spacial score (nSPS) is 27.4. The van der Waals surface area contributed by atoms with Gasteiger partial charge in [-0.15, -0.1) is 0 Å². The van der Waals surface area contributed by atoms with Gasteiger partial charge in [0.05, 0.1) is 6.10 Å². The number of hydrogen-bond acceptors (Lipinski definition) is 3. The molecular weight excluding hydrogens is 204 g/mol. The van der Waals surface area contributed by atoms with Crippen LogP contribution in [-0.4, -0.2) is 31.7 Å². The number of carbonyl (C=O) groups is 1. The van der Waals surface area contributed by atoms with E-state index in [2.05, 4.69) is 5.32 Å². The SMILES string of the molecule is NCC1(CC(=O)NCC2CCCO2)CCC1. The zero-order chi connectivity index (χ0) is 11.4. The third-order valence-electron chi connectivity index (χ3n) is 3.93. The van der Waals surface area contributed by atoms with Gasteiger partial charge in [0.1, 0.15) is 0 Å². The van der Waals surface area contributed by atoms with Crippen LogP contribution in [-0.2, 0) is 9.53 Å². The molecule has 0 spiro atoms. The summed E-state index contributed by atoms with van der Waals surface area (Å²) in [5.41, 5.74) is 5.84. The molecule has 1 saturated heterocycles. The Hall–Kier alpha value is -0.610. The first kappa shape index (κ1) is 11.9. The first-order valence-electron chi connectivity index (χ1n) is 6.32. The van der Waals surface area contributed by atoms with Crippen molar-refractivity contribution in [2.24, 2.45) is 11.1 Å². The van der Waals surface area contributed by atoms with Crippen LogP contribution in [0.3, 0.4) is 0 Å². The number of rotatable bonds is 5. The van der Waals surface area contributed by atoms with Crippen LogP contribution in [0.2, 0.25) is 0 Å². The monoisotopic (exact) mass is 226 g/mol. The molecule has 16 heavy (non-hydrogen) atoms. The molecule has 1 heterocycles. The molecule has 3 N–H and O–H groups in total. The average molecular weight is 226 g/mol. The second-order valence-corrected chi connectivity index (χ2v) is 5.17. The summed E-state index contributed by atoms with van der Waals surface area (Å²) < 4.78 is 5.46. The van der Waals surface area contributed by atoms with Gasteiger partial charge in [-0.2, -0.15) is 0 Å². The summed E-state index contributed by atoms with van der Waals surface area (Å²) in [4.78, 5) is 11.7. The van der Waals surface area contributed by atoms with Crippen molar-refractivity contribution in [3.63, 3.8) is 0 Å². The number of ether oxygens (including phenoxy) is 1. The molecule has 4 heteroatoms. The standard InChI is InChI=1S/C12H22N2O2/c13-9-12(4-2-5-12)7-11(15)14-8-10-3-1-6-16-10/h10H,1-9,13H2,(H,14,15). The molecule has 1 unspecified atom stereocenters. The van der Waals surface area contributed by atoms with E-state index >= 15 is 0 Å². The van der Waals surface area contributed by atoms with Gasteiger partial charge in [0.25, 0.3) is 0 Å². The predicted octanol–water partition coefficient (Wildman–Crippen LogP) is 0.801. The second kappa shape index (κ2) is 5.15. The molecule has 1 aliphatic carbocycles. The summed E-state index contributed by atoms with van der Waals surface area (Å²) >= 11 is 0. The Morgan fingerprint density at radius 2 is 2.25 bits per heavy atom. The van der Waals surface area contributed by atoms with Gasteiger partial charge in [0, 0.05) is 19.6 Å². The van der Waals surface area contributed by atoms with Crippen LogP contribution in [0, 0.1) is 5.41 Å². The second-order valence-electron chi connectivity index (χ2n) is 5.17. The van der Waals surface area contributed by atoms with Crippen molar-refractivity contribution in [2.75, 3.05) is 19.7 Å². The molecular formula is C12H22N2O2. The van der Waals surface area contributed by atoms with Crippen LogP contribution in [0.5, 0.6) is 0 Å². The van der Waals surface area contributed by atoms with E-state index < -0.39 is 0 Å². The van der Waals surface area contributed by atoms with Gasteiger partial charge < -0.3 is 15.8 Å². The third kappa shape index (κ3) is 2.74. The topological polar surface area (TPSA) is 64.4 Å². The molecule has 1 saturated carbocycles. The van der Waals surface area contributed by atoms with Crippen LogP contribution >= 0.6 is 0 Å². The van der Waals surface area contributed by atoms with E-state index in [9.17, 15) is 4.79 Å². The van der Waals surface area contributed by atoms with Crippen LogP contribution in [0.4, 0.5) is 0 Å². The number of hydrogen-bond donors (Lipinski definition) is 2. The minimum atomic E-state index is 0.112. The quantitative estimate of drug-likeness (QED) is 0.729. The van der Waals surface area contributed by atoms with Gasteiger partial charge in [-0.05, 0) is 37.6 Å². The van der Waals surface area contributed by atoms with Crippen molar-refractivity contribution in [1.82, 2.24) is 5.32 Å². The van der Waals surface area contributed by atoms with Crippen molar-refractivity contribution in [3.05, 3.63) is 0 Å². The molecule has 0 aromatic carbocycles. The van der Waals surface area contributed by atoms with Gasteiger partial charge in [-0.3, -0.25) is 4.79 Å². The number of amides is 1. The fraction of sp³-hybridized carbons (Fsp3) is 0.917. The summed E-state index contributed by atoms with van der Waals surface area (Å²) in [5, 5.41) is 2.96. The van der Waals surface area contributed by atoms with Gasteiger partial charge in [0.2, 0.25) is 5.91 Å². The summed E-state index contributed by atoms with van der Waals surface area (Å²) in [5.74, 6) is 0.139. The zero-order valence-corrected chi connectivity index (χ0v) is 9.84. The smallest absolute Gasteiger partial charge is 0.220 e. The van der Waals surface area contributed by atoms with Crippen LogP contribution in [0.1, 0.15) is 38.5 Å². The fourth-order valence-corrected chi connectivity index (χ4v) is 2.57. The van der Waals surface area contributed by atoms with Crippen molar-refractivity contribution < 1.29 is 9.53 Å². The van der Waals surface area contributed by atoms with E-state index in [4.69, 9.17) is 10.5 Å². The molecule has 92 valence electrons. The van der Waals surface area contributed by atoms with Gasteiger partial charge in [-0.1, -0.05) is 6.42 Å². The highest BCUT2D eigenvalue weighted by Crippen LogP contribution is 2.42. The number of nitrogens with one attached hydrogen (secondary N) is 1. The highest BCUT2D eigenvalue weighted by Gasteiger charge is 2.37. The van der Waals surface area contributed by atoms with Gasteiger partial charge >= 0.3 is 0 Å². The lowest BCUT2D eigenvalue weighted by Crippen LogP contribution is -2.43. The molecule has 1 amide bonds. The maximum atomic E-state index is 11.7. The molecule has 1 atom stereocenters. The van der Waals surface area contributed by atoms with Crippen LogP contribution < -0.4 is 11.1 Å². The number of nitrogens with two attached hydrogens (primary N) is 1. The lowest BCUT2D eigenvalue weighted by molar-refractivity contribution is -0.125. The first-order valence-corrected chi connectivity index (χ1v) is 6.32. The van der Waals surface area contributed by atoms with E-state index in [1.54, 1.807) is 0 Å². The van der Waals surface area contributed by atoms with Crippen molar-refractivity contribution in [1.29, 1.82) is 0 Å². The molecule has 2 rings (SSSR count). The molecule has 1 aliphatic heterocycles. The molecule has 4 nitrogen and oxygen atoms in total.